The van der Waals surface area contributed by atoms with Crippen molar-refractivity contribution in [2.45, 2.75) is 110 Å². The summed E-state index contributed by atoms with van der Waals surface area (Å²) in [5.41, 5.74) is -1.41. The molecule has 1 aliphatic heterocycles. The molecule has 3 saturated carbocycles. The van der Waals surface area contributed by atoms with Gasteiger partial charge in [0.1, 0.15) is 6.10 Å². The third kappa shape index (κ3) is 3.43. The van der Waals surface area contributed by atoms with Gasteiger partial charge in [-0.05, 0) is 74.3 Å². The van der Waals surface area contributed by atoms with Gasteiger partial charge in [-0.3, -0.25) is 4.79 Å². The van der Waals surface area contributed by atoms with Gasteiger partial charge in [-0.15, -0.1) is 0 Å². The van der Waals surface area contributed by atoms with Gasteiger partial charge >= 0.3 is 6.09 Å². The van der Waals surface area contributed by atoms with Gasteiger partial charge in [0.25, 0.3) is 0 Å². The minimum absolute atomic E-state index is 0.0346. The SMILES string of the molecule is CC1=CC23C(=O)[C@@H](C=C4COC(C)(C)O[C@H]4[C@]2(O)[C@H]1OC(=O)N(C)C1CCCCC1)[C@H]1[C@@H](CC3C)C1(C)C. The summed E-state index contributed by atoms with van der Waals surface area (Å²) in [5.74, 6) is -0.773. The molecule has 0 aromatic carbocycles. The van der Waals surface area contributed by atoms with Crippen LogP contribution in [0.25, 0.3) is 0 Å². The minimum Gasteiger partial charge on any atom is -0.438 e. The van der Waals surface area contributed by atoms with Gasteiger partial charge in [0, 0.05) is 19.0 Å². The zero-order valence-electron chi connectivity index (χ0n) is 24.1. The lowest BCUT2D eigenvalue weighted by Gasteiger charge is -2.52. The smallest absolute Gasteiger partial charge is 0.410 e. The molecule has 1 spiro atoms. The molecule has 2 unspecified atom stereocenters. The van der Waals surface area contributed by atoms with Crippen molar-refractivity contribution in [3.8, 4) is 0 Å². The topological polar surface area (TPSA) is 85.3 Å². The Hall–Kier alpha value is -1.70. The van der Waals surface area contributed by atoms with Crippen molar-refractivity contribution in [3.63, 3.8) is 0 Å². The van der Waals surface area contributed by atoms with Crippen LogP contribution >= 0.6 is 0 Å². The summed E-state index contributed by atoms with van der Waals surface area (Å²) in [6.07, 6.45) is 7.87. The summed E-state index contributed by atoms with van der Waals surface area (Å²) in [7, 11) is 1.80. The Morgan fingerprint density at radius 3 is 2.53 bits per heavy atom. The molecule has 7 heteroatoms. The van der Waals surface area contributed by atoms with Crippen LogP contribution in [0.1, 0.15) is 80.1 Å². The molecule has 1 heterocycles. The second kappa shape index (κ2) is 8.40. The normalized spacial score (nSPS) is 44.9. The molecule has 4 fully saturated rings. The summed E-state index contributed by atoms with van der Waals surface area (Å²) in [6, 6.07) is 0.130. The maximum absolute atomic E-state index is 14.8. The van der Waals surface area contributed by atoms with Crippen LogP contribution in [-0.2, 0) is 19.0 Å². The van der Waals surface area contributed by atoms with E-state index in [0.717, 1.165) is 43.3 Å². The summed E-state index contributed by atoms with van der Waals surface area (Å²) in [6.45, 7) is 12.4. The third-order valence-electron chi connectivity index (χ3n) is 11.3. The van der Waals surface area contributed by atoms with E-state index in [-0.39, 0.29) is 41.6 Å². The first-order valence-corrected chi connectivity index (χ1v) is 14.7. The van der Waals surface area contributed by atoms with E-state index in [1.807, 2.05) is 32.9 Å². The number of rotatable bonds is 2. The van der Waals surface area contributed by atoms with E-state index in [1.165, 1.54) is 6.42 Å². The number of hydrogen-bond donors (Lipinski definition) is 1. The van der Waals surface area contributed by atoms with Crippen LogP contribution in [0.5, 0.6) is 0 Å². The molecular weight excluding hydrogens is 482 g/mol. The fraction of sp³-hybridized carbons (Fsp3) is 0.806. The van der Waals surface area contributed by atoms with Crippen LogP contribution in [0.2, 0.25) is 0 Å². The number of amides is 1. The number of Topliss-reactive ketones (excluding diaryl/α,β-unsaturated/α-hetero) is 1. The highest BCUT2D eigenvalue weighted by Crippen LogP contribution is 2.72. The molecule has 0 aromatic heterocycles. The van der Waals surface area contributed by atoms with Crippen LogP contribution in [-0.4, -0.2) is 65.2 Å². The summed E-state index contributed by atoms with van der Waals surface area (Å²) < 4.78 is 18.8. The number of carbonyl (C=O) groups is 2. The Morgan fingerprint density at radius 2 is 1.84 bits per heavy atom. The van der Waals surface area contributed by atoms with Gasteiger partial charge in [0.15, 0.2) is 23.3 Å². The average Bonchev–Trinajstić information content (AvgIpc) is 3.36. The monoisotopic (exact) mass is 527 g/mol. The van der Waals surface area contributed by atoms with Crippen molar-refractivity contribution in [2.24, 2.45) is 34.5 Å². The standard InChI is InChI=1S/C31H45NO6/c1-17-15-30-18(2)13-22-23(28(22,3)4)21(24(30)33)14-19-16-36-29(5,6)38-26(19)31(30,35)25(17)37-27(34)32(7)20-11-9-8-10-12-20/h14-15,18,20-23,25-26,35H,8-13,16H2,1-7H3/t18?,21-,22+,23-,25-,26+,30?,31+/m0/s1. The molecule has 6 rings (SSSR count). The van der Waals surface area contributed by atoms with Crippen LogP contribution in [0.4, 0.5) is 4.79 Å². The first-order chi connectivity index (χ1) is 17.8. The third-order valence-corrected chi connectivity index (χ3v) is 11.3. The van der Waals surface area contributed by atoms with Gasteiger partial charge in [-0.1, -0.05) is 52.2 Å². The second-order valence-electron chi connectivity index (χ2n) is 14.2. The summed E-state index contributed by atoms with van der Waals surface area (Å²) >= 11 is 0. The largest absolute Gasteiger partial charge is 0.438 e. The number of fused-ring (bicyclic) bond motifs is 5. The van der Waals surface area contributed by atoms with Crippen LogP contribution in [0.3, 0.4) is 0 Å². The molecule has 0 radical (unpaired) electrons. The molecule has 1 N–H and O–H groups in total. The van der Waals surface area contributed by atoms with Gasteiger partial charge in [-0.25, -0.2) is 4.79 Å². The van der Waals surface area contributed by atoms with Crippen molar-refractivity contribution in [2.75, 3.05) is 13.7 Å². The number of ketones is 1. The fourth-order valence-corrected chi connectivity index (χ4v) is 9.10. The number of allylic oxidation sites excluding steroid dienone is 1. The van der Waals surface area contributed by atoms with E-state index in [9.17, 15) is 14.7 Å². The highest BCUT2D eigenvalue weighted by molar-refractivity contribution is 5.95. The van der Waals surface area contributed by atoms with Gasteiger partial charge in [-0.2, -0.15) is 0 Å². The van der Waals surface area contributed by atoms with Gasteiger partial charge in [0.05, 0.1) is 12.0 Å². The molecule has 2 bridgehead atoms. The highest BCUT2D eigenvalue weighted by Gasteiger charge is 2.77. The highest BCUT2D eigenvalue weighted by atomic mass is 16.7. The minimum atomic E-state index is -1.76. The average molecular weight is 528 g/mol. The molecule has 6 aliphatic rings. The Kier molecular flexibility index (Phi) is 5.86. The van der Waals surface area contributed by atoms with Gasteiger partial charge < -0.3 is 24.2 Å². The predicted octanol–water partition coefficient (Wildman–Crippen LogP) is 5.02. The predicted molar refractivity (Wildman–Crippen MR) is 142 cm³/mol. The lowest BCUT2D eigenvalue weighted by atomic mass is 9.59. The zero-order chi connectivity index (χ0) is 27.4. The van der Waals surface area contributed by atoms with Crippen molar-refractivity contribution in [3.05, 3.63) is 23.3 Å². The maximum Gasteiger partial charge on any atom is 0.410 e. The lowest BCUT2D eigenvalue weighted by Crippen LogP contribution is -2.68. The second-order valence-corrected chi connectivity index (χ2v) is 14.2. The molecule has 8 atom stereocenters. The molecule has 1 amide bonds. The molecule has 1 saturated heterocycles. The molecule has 5 aliphatic carbocycles. The number of ether oxygens (including phenoxy) is 3. The Labute approximate surface area is 226 Å². The van der Waals surface area contributed by atoms with Crippen molar-refractivity contribution >= 4 is 11.9 Å². The first kappa shape index (κ1) is 26.5. The number of nitrogens with zero attached hydrogens (tertiary/aromatic N) is 1. The quantitative estimate of drug-likeness (QED) is 0.508. The van der Waals surface area contributed by atoms with E-state index in [0.29, 0.717) is 5.92 Å². The van der Waals surface area contributed by atoms with E-state index >= 15 is 0 Å². The molecule has 7 nitrogen and oxygen atoms in total. The summed E-state index contributed by atoms with van der Waals surface area (Å²) in [5, 5.41) is 13.1. The Bertz CT molecular complexity index is 1100. The number of aliphatic hydroxyl groups is 1. The van der Waals surface area contributed by atoms with Crippen LogP contribution < -0.4 is 0 Å². The number of hydrogen-bond acceptors (Lipinski definition) is 6. The number of carbonyl (C=O) groups excluding carboxylic acids is 2. The van der Waals surface area contributed by atoms with Crippen LogP contribution in [0.15, 0.2) is 23.3 Å². The first-order valence-electron chi connectivity index (χ1n) is 14.7. The zero-order valence-corrected chi connectivity index (χ0v) is 24.1. The molecular formula is C31H45NO6. The van der Waals surface area contributed by atoms with E-state index in [4.69, 9.17) is 14.2 Å². The van der Waals surface area contributed by atoms with Crippen molar-refractivity contribution in [1.82, 2.24) is 4.90 Å². The van der Waals surface area contributed by atoms with Crippen LogP contribution in [0, 0.1) is 34.5 Å². The Morgan fingerprint density at radius 1 is 1.16 bits per heavy atom. The van der Waals surface area contributed by atoms with E-state index in [1.54, 1.807) is 11.9 Å². The molecule has 210 valence electrons. The molecule has 0 aromatic rings. The summed E-state index contributed by atoms with van der Waals surface area (Å²) in [4.78, 5) is 30.0. The molecule has 38 heavy (non-hydrogen) atoms. The van der Waals surface area contributed by atoms with Crippen molar-refractivity contribution in [1.29, 1.82) is 0 Å². The Balaban J connectivity index is 1.45. The fourth-order valence-electron chi connectivity index (χ4n) is 9.10. The van der Waals surface area contributed by atoms with Gasteiger partial charge in [0.2, 0.25) is 0 Å². The maximum atomic E-state index is 14.8. The lowest BCUT2D eigenvalue weighted by molar-refractivity contribution is -0.303. The van der Waals surface area contributed by atoms with E-state index < -0.39 is 35.1 Å². The van der Waals surface area contributed by atoms with E-state index in [2.05, 4.69) is 20.8 Å². The van der Waals surface area contributed by atoms with Crippen molar-refractivity contribution < 1.29 is 28.9 Å².